The lowest BCUT2D eigenvalue weighted by Gasteiger charge is -2.35. The van der Waals surface area contributed by atoms with E-state index in [-0.39, 0.29) is 24.3 Å². The first-order chi connectivity index (χ1) is 13.8. The molecule has 0 aliphatic carbocycles. The number of piperazine rings is 1. The molecule has 0 atom stereocenters. The van der Waals surface area contributed by atoms with Crippen molar-refractivity contribution in [2.24, 2.45) is 0 Å². The number of carbonyl (C=O) groups excluding carboxylic acids is 3. The van der Waals surface area contributed by atoms with Crippen LogP contribution in [-0.2, 0) is 9.59 Å². The zero-order valence-electron chi connectivity index (χ0n) is 17.4. The quantitative estimate of drug-likeness (QED) is 0.795. The van der Waals surface area contributed by atoms with Crippen molar-refractivity contribution in [1.82, 2.24) is 9.80 Å². The number of rotatable bonds is 4. The lowest BCUT2D eigenvalue weighted by molar-refractivity contribution is -0.132. The Morgan fingerprint density at radius 2 is 1.59 bits per heavy atom. The molecule has 0 bridgehead atoms. The highest BCUT2D eigenvalue weighted by Crippen LogP contribution is 2.26. The minimum absolute atomic E-state index is 0.00773. The van der Waals surface area contributed by atoms with Crippen molar-refractivity contribution in [2.45, 2.75) is 27.7 Å². The molecule has 154 valence electrons. The summed E-state index contributed by atoms with van der Waals surface area (Å²) >= 11 is 0. The number of furan rings is 1. The Balaban J connectivity index is 1.66. The molecule has 2 aromatic rings. The number of hydrogen-bond donors (Lipinski definition) is 0. The van der Waals surface area contributed by atoms with Gasteiger partial charge in [-0.05, 0) is 44.0 Å². The number of hydrogen-bond acceptors (Lipinski definition) is 4. The summed E-state index contributed by atoms with van der Waals surface area (Å²) in [5.41, 5.74) is 3.86. The van der Waals surface area contributed by atoms with E-state index in [9.17, 15) is 14.4 Å². The molecular formula is C22H27N3O4. The highest BCUT2D eigenvalue weighted by Gasteiger charge is 2.28. The number of amides is 3. The molecule has 7 nitrogen and oxygen atoms in total. The first kappa shape index (κ1) is 20.6. The van der Waals surface area contributed by atoms with Gasteiger partial charge in [-0.15, -0.1) is 0 Å². The van der Waals surface area contributed by atoms with Crippen LogP contribution in [0.3, 0.4) is 0 Å². The van der Waals surface area contributed by atoms with Crippen LogP contribution >= 0.6 is 0 Å². The van der Waals surface area contributed by atoms with Gasteiger partial charge in [0.1, 0.15) is 6.54 Å². The minimum atomic E-state index is -0.168. The first-order valence-electron chi connectivity index (χ1n) is 9.74. The molecule has 7 heteroatoms. The van der Waals surface area contributed by atoms with Gasteiger partial charge in [-0.2, -0.15) is 0 Å². The molecule has 0 N–H and O–H groups in total. The van der Waals surface area contributed by atoms with Crippen molar-refractivity contribution in [1.29, 1.82) is 0 Å². The van der Waals surface area contributed by atoms with Crippen LogP contribution in [0.4, 0.5) is 5.69 Å². The van der Waals surface area contributed by atoms with Gasteiger partial charge in [-0.1, -0.05) is 17.7 Å². The Kier molecular flexibility index (Phi) is 6.06. The van der Waals surface area contributed by atoms with E-state index in [1.807, 2.05) is 32.9 Å². The fourth-order valence-corrected chi connectivity index (χ4v) is 3.90. The van der Waals surface area contributed by atoms with E-state index in [4.69, 9.17) is 4.42 Å². The monoisotopic (exact) mass is 397 g/mol. The molecule has 0 radical (unpaired) electrons. The number of aryl methyl sites for hydroxylation is 3. The Morgan fingerprint density at radius 1 is 1.00 bits per heavy atom. The van der Waals surface area contributed by atoms with E-state index in [0.717, 1.165) is 22.4 Å². The van der Waals surface area contributed by atoms with Gasteiger partial charge in [0.25, 0.3) is 5.91 Å². The zero-order chi connectivity index (χ0) is 21.1. The number of anilines is 1. The molecule has 1 fully saturated rings. The van der Waals surface area contributed by atoms with Crippen LogP contribution in [0.1, 0.15) is 34.2 Å². The SMILES string of the molecule is CC(=O)N(CC(=O)N1CCN(C(=O)c2ccco2)CC1)c1c(C)cc(C)cc1C. The maximum atomic E-state index is 12.9. The smallest absolute Gasteiger partial charge is 0.289 e. The number of benzene rings is 1. The third kappa shape index (κ3) is 4.50. The Morgan fingerprint density at radius 3 is 2.10 bits per heavy atom. The summed E-state index contributed by atoms with van der Waals surface area (Å²) in [7, 11) is 0. The van der Waals surface area contributed by atoms with E-state index in [1.54, 1.807) is 26.8 Å². The highest BCUT2D eigenvalue weighted by molar-refractivity contribution is 5.99. The molecule has 0 spiro atoms. The maximum Gasteiger partial charge on any atom is 0.289 e. The normalized spacial score (nSPS) is 14.1. The summed E-state index contributed by atoms with van der Waals surface area (Å²) in [5.74, 6) is -0.152. The van der Waals surface area contributed by atoms with Crippen molar-refractivity contribution in [3.63, 3.8) is 0 Å². The van der Waals surface area contributed by atoms with Crippen LogP contribution in [0.2, 0.25) is 0 Å². The molecule has 1 aromatic carbocycles. The van der Waals surface area contributed by atoms with Gasteiger partial charge in [0, 0.05) is 33.1 Å². The van der Waals surface area contributed by atoms with Crippen molar-refractivity contribution >= 4 is 23.4 Å². The van der Waals surface area contributed by atoms with Gasteiger partial charge in [0.15, 0.2) is 5.76 Å². The summed E-state index contributed by atoms with van der Waals surface area (Å²) in [5, 5.41) is 0. The van der Waals surface area contributed by atoms with Gasteiger partial charge in [-0.3, -0.25) is 14.4 Å². The van der Waals surface area contributed by atoms with Gasteiger partial charge in [-0.25, -0.2) is 0 Å². The molecule has 1 aliphatic heterocycles. The Labute approximate surface area is 170 Å². The molecule has 2 heterocycles. The van der Waals surface area contributed by atoms with Crippen LogP contribution in [-0.4, -0.2) is 60.2 Å². The fraction of sp³-hybridized carbons (Fsp3) is 0.409. The van der Waals surface area contributed by atoms with E-state index < -0.39 is 0 Å². The minimum Gasteiger partial charge on any atom is -0.459 e. The summed E-state index contributed by atoms with van der Waals surface area (Å²) in [6, 6.07) is 7.35. The Bertz CT molecular complexity index is 889. The third-order valence-electron chi connectivity index (χ3n) is 5.23. The number of carbonyl (C=O) groups is 3. The Hall–Kier alpha value is -3.09. The molecule has 1 aliphatic rings. The van der Waals surface area contributed by atoms with Gasteiger partial charge in [0.2, 0.25) is 11.8 Å². The summed E-state index contributed by atoms with van der Waals surface area (Å²) in [6.45, 7) is 9.13. The lowest BCUT2D eigenvalue weighted by Crippen LogP contribution is -2.53. The largest absolute Gasteiger partial charge is 0.459 e. The molecule has 0 saturated carbocycles. The lowest BCUT2D eigenvalue weighted by atomic mass is 10.0. The van der Waals surface area contributed by atoms with E-state index in [1.165, 1.54) is 13.2 Å². The first-order valence-corrected chi connectivity index (χ1v) is 9.74. The second-order valence-electron chi connectivity index (χ2n) is 7.50. The summed E-state index contributed by atoms with van der Waals surface area (Å²) in [4.78, 5) is 42.5. The van der Waals surface area contributed by atoms with Crippen molar-refractivity contribution in [3.8, 4) is 0 Å². The van der Waals surface area contributed by atoms with E-state index in [2.05, 4.69) is 0 Å². The van der Waals surface area contributed by atoms with Gasteiger partial charge >= 0.3 is 0 Å². The standard InChI is InChI=1S/C22H27N3O4/c1-15-12-16(2)21(17(3)13-15)25(18(4)26)14-20(27)23-7-9-24(10-8-23)22(28)19-6-5-11-29-19/h5-6,11-13H,7-10,14H2,1-4H3. The van der Waals surface area contributed by atoms with Crippen LogP contribution < -0.4 is 4.90 Å². The number of nitrogens with zero attached hydrogens (tertiary/aromatic N) is 3. The van der Waals surface area contributed by atoms with Crippen molar-refractivity contribution in [3.05, 3.63) is 53.0 Å². The van der Waals surface area contributed by atoms with E-state index in [0.29, 0.717) is 31.9 Å². The van der Waals surface area contributed by atoms with Crippen LogP contribution in [0, 0.1) is 20.8 Å². The second kappa shape index (κ2) is 8.51. The average molecular weight is 397 g/mol. The molecule has 3 amide bonds. The van der Waals surface area contributed by atoms with Gasteiger partial charge in [0.05, 0.1) is 12.0 Å². The molecular weight excluding hydrogens is 370 g/mol. The zero-order valence-corrected chi connectivity index (χ0v) is 17.4. The van der Waals surface area contributed by atoms with Crippen LogP contribution in [0.25, 0.3) is 0 Å². The van der Waals surface area contributed by atoms with E-state index >= 15 is 0 Å². The predicted octanol–water partition coefficient (Wildman–Crippen LogP) is 2.54. The average Bonchev–Trinajstić information content (AvgIpc) is 3.20. The maximum absolute atomic E-state index is 12.9. The molecule has 0 unspecified atom stereocenters. The fourth-order valence-electron chi connectivity index (χ4n) is 3.90. The highest BCUT2D eigenvalue weighted by atomic mass is 16.3. The second-order valence-corrected chi connectivity index (χ2v) is 7.50. The van der Waals surface area contributed by atoms with Gasteiger partial charge < -0.3 is 19.1 Å². The molecule has 3 rings (SSSR count). The van der Waals surface area contributed by atoms with Crippen molar-refractivity contribution in [2.75, 3.05) is 37.6 Å². The van der Waals surface area contributed by atoms with Crippen molar-refractivity contribution < 1.29 is 18.8 Å². The predicted molar refractivity (Wildman–Crippen MR) is 110 cm³/mol. The molecule has 1 aromatic heterocycles. The van der Waals surface area contributed by atoms with Crippen LogP contribution in [0.15, 0.2) is 34.9 Å². The molecule has 1 saturated heterocycles. The third-order valence-corrected chi connectivity index (χ3v) is 5.23. The molecule has 29 heavy (non-hydrogen) atoms. The van der Waals surface area contributed by atoms with Crippen LogP contribution in [0.5, 0.6) is 0 Å². The topological polar surface area (TPSA) is 74.1 Å². The summed E-state index contributed by atoms with van der Waals surface area (Å²) < 4.78 is 5.17. The summed E-state index contributed by atoms with van der Waals surface area (Å²) in [6.07, 6.45) is 1.47.